The highest BCUT2D eigenvalue weighted by molar-refractivity contribution is 9.10. The molecule has 0 atom stereocenters. The lowest BCUT2D eigenvalue weighted by atomic mass is 9.76. The van der Waals surface area contributed by atoms with Crippen molar-refractivity contribution in [3.63, 3.8) is 0 Å². The van der Waals surface area contributed by atoms with Crippen molar-refractivity contribution in [1.29, 1.82) is 0 Å². The van der Waals surface area contributed by atoms with Crippen LogP contribution < -0.4 is 9.33 Å². The van der Waals surface area contributed by atoms with Crippen molar-refractivity contribution >= 4 is 57.9 Å². The van der Waals surface area contributed by atoms with Crippen molar-refractivity contribution in [2.45, 2.75) is 104 Å². The van der Waals surface area contributed by atoms with E-state index >= 15 is 0 Å². The van der Waals surface area contributed by atoms with Crippen LogP contribution in [0.4, 0.5) is 5.69 Å². The predicted molar refractivity (Wildman–Crippen MR) is 209 cm³/mol. The molecule has 0 radical (unpaired) electrons. The normalized spacial score (nSPS) is 13.8. The Bertz CT molecular complexity index is 1520. The summed E-state index contributed by atoms with van der Waals surface area (Å²) in [7, 11) is -2.12. The van der Waals surface area contributed by atoms with E-state index in [-0.39, 0.29) is 16.4 Å². The molecular weight excluding hydrogens is 730 g/mol. The van der Waals surface area contributed by atoms with Crippen LogP contribution >= 0.6 is 31.9 Å². The lowest BCUT2D eigenvalue weighted by Gasteiger charge is -2.37. The van der Waals surface area contributed by atoms with Crippen LogP contribution in [0.15, 0.2) is 69.6 Å². The van der Waals surface area contributed by atoms with Crippen LogP contribution in [0.5, 0.6) is 5.75 Å². The Hall–Kier alpha value is -2.35. The van der Waals surface area contributed by atoms with E-state index in [4.69, 9.17) is 9.16 Å². The number of benzene rings is 3. The fraction of sp³-hybridized carbons (Fsp3) is 0.475. The third-order valence-electron chi connectivity index (χ3n) is 10.0. The zero-order valence-electron chi connectivity index (χ0n) is 29.6. The first kappa shape index (κ1) is 37.5. The summed E-state index contributed by atoms with van der Waals surface area (Å²) in [4.78, 5) is 15.5. The Morgan fingerprint density at radius 2 is 1.45 bits per heavy atom. The number of nitrogens with zero attached hydrogens (tertiary/aromatic N) is 1. The Balaban J connectivity index is 1.48. The van der Waals surface area contributed by atoms with Crippen molar-refractivity contribution in [3.8, 4) is 16.9 Å². The molecule has 0 fully saturated rings. The molecule has 0 unspecified atom stereocenters. The van der Waals surface area contributed by atoms with Gasteiger partial charge in [-0.15, -0.1) is 0 Å². The molecule has 7 heteroatoms. The molecule has 3 aromatic rings. The van der Waals surface area contributed by atoms with E-state index in [1.807, 2.05) is 6.08 Å². The first-order valence-electron chi connectivity index (χ1n) is 17.2. The van der Waals surface area contributed by atoms with Gasteiger partial charge in [0.25, 0.3) is 8.32 Å². The second kappa shape index (κ2) is 15.9. The van der Waals surface area contributed by atoms with E-state index in [9.17, 15) is 4.79 Å². The molecule has 0 aliphatic heterocycles. The van der Waals surface area contributed by atoms with Gasteiger partial charge in [-0.25, -0.2) is 4.79 Å². The maximum atomic E-state index is 13.0. The van der Waals surface area contributed by atoms with Crippen LogP contribution in [0.25, 0.3) is 17.2 Å². The van der Waals surface area contributed by atoms with Crippen molar-refractivity contribution in [2.75, 3.05) is 24.6 Å². The van der Waals surface area contributed by atoms with E-state index in [1.165, 1.54) is 27.9 Å². The molecule has 0 heterocycles. The van der Waals surface area contributed by atoms with Gasteiger partial charge in [0.1, 0.15) is 5.75 Å². The first-order valence-corrected chi connectivity index (χ1v) is 21.7. The van der Waals surface area contributed by atoms with E-state index in [2.05, 4.69) is 146 Å². The largest absolute Gasteiger partial charge is 0.543 e. The minimum Gasteiger partial charge on any atom is -0.543 e. The highest BCUT2D eigenvalue weighted by atomic mass is 79.9. The summed E-state index contributed by atoms with van der Waals surface area (Å²) in [5, 5.41) is 0.0518. The third kappa shape index (κ3) is 9.01. The molecule has 0 bridgehead atoms. The third-order valence-corrected chi connectivity index (χ3v) is 15.3. The summed E-state index contributed by atoms with van der Waals surface area (Å²) in [6, 6.07) is 19.5. The number of rotatable bonds is 15. The molecule has 254 valence electrons. The summed E-state index contributed by atoms with van der Waals surface area (Å²) < 4.78 is 14.8. The van der Waals surface area contributed by atoms with Gasteiger partial charge < -0.3 is 14.1 Å². The summed E-state index contributed by atoms with van der Waals surface area (Å²) in [5.41, 5.74) is 7.10. The predicted octanol–water partition coefficient (Wildman–Crippen LogP) is 12.3. The molecule has 0 saturated heterocycles. The second-order valence-corrected chi connectivity index (χ2v) is 21.2. The number of fused-ring (bicyclic) bond motifs is 3. The Morgan fingerprint density at radius 3 is 1.98 bits per heavy atom. The van der Waals surface area contributed by atoms with Gasteiger partial charge in [-0.1, -0.05) is 98.4 Å². The number of anilines is 1. The number of halogens is 2. The summed E-state index contributed by atoms with van der Waals surface area (Å²) in [6.45, 7) is 20.5. The molecule has 0 amide bonds. The van der Waals surface area contributed by atoms with Gasteiger partial charge in [-0.2, -0.15) is 0 Å². The van der Waals surface area contributed by atoms with Gasteiger partial charge in [0.15, 0.2) is 0 Å². The SMILES string of the molecule is CCCCN(CCCC)c1ccc(/C=C/C(=O)OCCCC2(C)c3cc(Br)ccc3-c3ccc(Br)cc32)c(O[Si](C)(C)C(C)(C)C)c1. The van der Waals surface area contributed by atoms with E-state index < -0.39 is 8.32 Å². The molecular formula is C40H53Br2NO3Si. The number of hydrogen-bond acceptors (Lipinski definition) is 4. The molecule has 1 aliphatic carbocycles. The molecule has 3 aromatic carbocycles. The van der Waals surface area contributed by atoms with Crippen molar-refractivity contribution in [1.82, 2.24) is 0 Å². The number of carbonyl (C=O) groups excluding carboxylic acids is 1. The van der Waals surface area contributed by atoms with E-state index in [0.717, 1.165) is 71.9 Å². The van der Waals surface area contributed by atoms with Crippen LogP contribution in [0.3, 0.4) is 0 Å². The maximum absolute atomic E-state index is 13.0. The van der Waals surface area contributed by atoms with E-state index in [0.29, 0.717) is 6.61 Å². The average Bonchev–Trinajstić information content (AvgIpc) is 3.24. The number of hydrogen-bond donors (Lipinski definition) is 0. The molecule has 4 nitrogen and oxygen atoms in total. The lowest BCUT2D eigenvalue weighted by molar-refractivity contribution is -0.137. The van der Waals surface area contributed by atoms with Crippen LogP contribution in [0.1, 0.15) is 96.8 Å². The van der Waals surface area contributed by atoms with Gasteiger partial charge in [0.2, 0.25) is 0 Å². The molecule has 1 aliphatic rings. The second-order valence-electron chi connectivity index (χ2n) is 14.6. The standard InChI is InChI=1S/C40H53Br2NO3Si/c1-9-11-23-43(24-12-10-2)32-18-14-29(37(28-32)46-47(7,8)39(3,4)5)15-21-38(44)45-25-13-22-40(6)35-26-30(41)16-19-33(35)34-20-17-31(42)27-36(34)40/h14-21,26-28H,9-13,22-25H2,1-8H3/b21-15+. The topological polar surface area (TPSA) is 38.8 Å². The number of esters is 1. The minimum atomic E-state index is -2.12. The quantitative estimate of drug-likeness (QED) is 0.0666. The molecule has 0 saturated carbocycles. The number of carbonyl (C=O) groups is 1. The zero-order valence-corrected chi connectivity index (χ0v) is 33.8. The van der Waals surface area contributed by atoms with Crippen LogP contribution in [-0.2, 0) is 14.9 Å². The fourth-order valence-electron chi connectivity index (χ4n) is 6.08. The van der Waals surface area contributed by atoms with Crippen molar-refractivity contribution in [3.05, 3.63) is 86.3 Å². The average molecular weight is 784 g/mol. The van der Waals surface area contributed by atoms with Gasteiger partial charge in [-0.3, -0.25) is 0 Å². The number of unbranched alkanes of at least 4 members (excludes halogenated alkanes) is 2. The van der Waals surface area contributed by atoms with Crippen LogP contribution in [0.2, 0.25) is 18.1 Å². The van der Waals surface area contributed by atoms with Crippen LogP contribution in [-0.4, -0.2) is 34.0 Å². The smallest absolute Gasteiger partial charge is 0.330 e. The summed E-state index contributed by atoms with van der Waals surface area (Å²) >= 11 is 7.36. The van der Waals surface area contributed by atoms with Crippen molar-refractivity contribution in [2.24, 2.45) is 0 Å². The van der Waals surface area contributed by atoms with Gasteiger partial charge in [0.05, 0.1) is 6.61 Å². The monoisotopic (exact) mass is 781 g/mol. The van der Waals surface area contributed by atoms with E-state index in [1.54, 1.807) is 6.08 Å². The highest BCUT2D eigenvalue weighted by Gasteiger charge is 2.40. The maximum Gasteiger partial charge on any atom is 0.330 e. The first-order chi connectivity index (χ1) is 22.2. The van der Waals surface area contributed by atoms with Gasteiger partial charge in [-0.05, 0) is 109 Å². The Morgan fingerprint density at radius 1 is 0.872 bits per heavy atom. The Kier molecular flexibility index (Phi) is 12.7. The fourth-order valence-corrected chi connectivity index (χ4v) is 7.83. The highest BCUT2D eigenvalue weighted by Crippen LogP contribution is 2.52. The van der Waals surface area contributed by atoms with Gasteiger partial charge in [0, 0.05) is 50.8 Å². The zero-order chi connectivity index (χ0) is 34.4. The molecule has 0 aromatic heterocycles. The Labute approximate surface area is 301 Å². The molecule has 4 rings (SSSR count). The van der Waals surface area contributed by atoms with Gasteiger partial charge >= 0.3 is 5.97 Å². The lowest BCUT2D eigenvalue weighted by Crippen LogP contribution is -2.44. The summed E-state index contributed by atoms with van der Waals surface area (Å²) in [5.74, 6) is 0.516. The number of ether oxygens (including phenoxy) is 1. The van der Waals surface area contributed by atoms with Crippen molar-refractivity contribution < 1.29 is 14.0 Å². The minimum absolute atomic E-state index is 0.0518. The molecule has 47 heavy (non-hydrogen) atoms. The molecule has 0 spiro atoms. The summed E-state index contributed by atoms with van der Waals surface area (Å²) in [6.07, 6.45) is 9.67. The van der Waals surface area contributed by atoms with Crippen LogP contribution in [0, 0.1) is 0 Å². The molecule has 0 N–H and O–H groups in total.